The van der Waals surface area contributed by atoms with Crippen LogP contribution in [0.4, 0.5) is 32.0 Å². The van der Waals surface area contributed by atoms with E-state index >= 15 is 0 Å². The van der Waals surface area contributed by atoms with Gasteiger partial charge in [-0.1, -0.05) is 0 Å². The molecule has 25 heavy (non-hydrogen) atoms. The summed E-state index contributed by atoms with van der Waals surface area (Å²) in [5, 5.41) is 2.16. The summed E-state index contributed by atoms with van der Waals surface area (Å²) < 4.78 is 76.7. The average molecular weight is 368 g/mol. The zero-order valence-corrected chi connectivity index (χ0v) is 13.2. The lowest BCUT2D eigenvalue weighted by Gasteiger charge is -2.25. The molecule has 3 nitrogen and oxygen atoms in total. The Labute approximate surface area is 140 Å². The van der Waals surface area contributed by atoms with E-state index in [0.717, 1.165) is 12.8 Å². The van der Waals surface area contributed by atoms with Gasteiger partial charge in [0, 0.05) is 18.2 Å². The third-order valence-corrected chi connectivity index (χ3v) is 4.24. The molecular formula is C16H18F6N2O. The Morgan fingerprint density at radius 2 is 1.44 bits per heavy atom. The normalized spacial score (nSPS) is 21.9. The van der Waals surface area contributed by atoms with Crippen molar-refractivity contribution in [2.24, 2.45) is 11.7 Å². The van der Waals surface area contributed by atoms with Crippen LogP contribution in [0, 0.1) is 5.92 Å². The molecule has 1 saturated carbocycles. The predicted octanol–water partition coefficient (Wildman–Crippen LogP) is 4.57. The van der Waals surface area contributed by atoms with E-state index in [1.165, 1.54) is 0 Å². The highest BCUT2D eigenvalue weighted by molar-refractivity contribution is 5.91. The number of halogens is 6. The first-order valence-corrected chi connectivity index (χ1v) is 7.80. The van der Waals surface area contributed by atoms with E-state index in [9.17, 15) is 31.1 Å². The second-order valence-corrected chi connectivity index (χ2v) is 6.33. The van der Waals surface area contributed by atoms with Crippen LogP contribution >= 0.6 is 0 Å². The minimum atomic E-state index is -4.94. The van der Waals surface area contributed by atoms with Crippen LogP contribution in [0.2, 0.25) is 0 Å². The summed E-state index contributed by atoms with van der Waals surface area (Å²) in [7, 11) is 0. The average Bonchev–Trinajstić information content (AvgIpc) is 2.47. The lowest BCUT2D eigenvalue weighted by Crippen LogP contribution is -2.28. The highest BCUT2D eigenvalue weighted by Crippen LogP contribution is 2.37. The molecule has 9 heteroatoms. The number of benzene rings is 1. The fraction of sp³-hybridized carbons (Fsp3) is 0.562. The highest BCUT2D eigenvalue weighted by Gasteiger charge is 2.37. The monoisotopic (exact) mass is 368 g/mol. The Morgan fingerprint density at radius 1 is 0.960 bits per heavy atom. The maximum Gasteiger partial charge on any atom is 0.416 e. The van der Waals surface area contributed by atoms with Crippen LogP contribution in [0.15, 0.2) is 18.2 Å². The van der Waals surface area contributed by atoms with E-state index in [4.69, 9.17) is 5.73 Å². The lowest BCUT2D eigenvalue weighted by molar-refractivity contribution is -0.143. The minimum absolute atomic E-state index is 0.0260. The molecule has 0 heterocycles. The number of carbonyl (C=O) groups excluding carboxylic acids is 1. The number of alkyl halides is 6. The number of amides is 1. The van der Waals surface area contributed by atoms with Crippen LogP contribution in [-0.4, -0.2) is 11.9 Å². The zero-order chi connectivity index (χ0) is 18.8. The Kier molecular flexibility index (Phi) is 5.65. The molecule has 3 N–H and O–H groups in total. The van der Waals surface area contributed by atoms with Crippen molar-refractivity contribution in [1.82, 2.24) is 0 Å². The van der Waals surface area contributed by atoms with Gasteiger partial charge >= 0.3 is 12.4 Å². The SMILES string of the molecule is N[C@H]1CC[C@H](CC(=O)Nc2cc(C(F)(F)F)cc(C(F)(F)F)c2)CC1. The molecule has 1 aliphatic carbocycles. The Bertz CT molecular complexity index is 586. The second-order valence-electron chi connectivity index (χ2n) is 6.33. The van der Waals surface area contributed by atoms with Crippen molar-refractivity contribution < 1.29 is 31.1 Å². The van der Waals surface area contributed by atoms with Crippen molar-refractivity contribution >= 4 is 11.6 Å². The molecular weight excluding hydrogens is 350 g/mol. The van der Waals surface area contributed by atoms with Crippen molar-refractivity contribution in [3.05, 3.63) is 29.3 Å². The molecule has 140 valence electrons. The molecule has 1 aromatic rings. The molecule has 2 rings (SSSR count). The second kappa shape index (κ2) is 7.23. The predicted molar refractivity (Wildman–Crippen MR) is 79.6 cm³/mol. The van der Waals surface area contributed by atoms with Crippen molar-refractivity contribution in [1.29, 1.82) is 0 Å². The number of anilines is 1. The van der Waals surface area contributed by atoms with Crippen LogP contribution < -0.4 is 11.1 Å². The first-order chi connectivity index (χ1) is 11.4. The molecule has 0 radical (unpaired) electrons. The summed E-state index contributed by atoms with van der Waals surface area (Å²) in [5.41, 5.74) is 2.32. The molecule has 0 aliphatic heterocycles. The molecule has 1 fully saturated rings. The first-order valence-electron chi connectivity index (χ1n) is 7.80. The van der Waals surface area contributed by atoms with Gasteiger partial charge in [0.25, 0.3) is 0 Å². The summed E-state index contributed by atoms with van der Waals surface area (Å²) in [5.74, 6) is -0.569. The van der Waals surface area contributed by atoms with Gasteiger partial charge in [0.2, 0.25) is 5.91 Å². The van der Waals surface area contributed by atoms with Gasteiger partial charge in [0.1, 0.15) is 0 Å². The van der Waals surface area contributed by atoms with Gasteiger partial charge < -0.3 is 11.1 Å². The number of nitrogens with two attached hydrogens (primary N) is 1. The van der Waals surface area contributed by atoms with Crippen LogP contribution in [-0.2, 0) is 17.1 Å². The van der Waals surface area contributed by atoms with Gasteiger partial charge in [0.15, 0.2) is 0 Å². The maximum absolute atomic E-state index is 12.8. The third kappa shape index (κ3) is 5.62. The van der Waals surface area contributed by atoms with Crippen molar-refractivity contribution in [3.8, 4) is 0 Å². The number of hydrogen-bond acceptors (Lipinski definition) is 2. The van der Waals surface area contributed by atoms with Crippen LogP contribution in [0.25, 0.3) is 0 Å². The summed E-state index contributed by atoms with van der Waals surface area (Å²) in [6, 6.07) is 1.11. The van der Waals surface area contributed by atoms with Crippen molar-refractivity contribution in [2.45, 2.75) is 50.5 Å². The lowest BCUT2D eigenvalue weighted by atomic mass is 9.84. The number of carbonyl (C=O) groups is 1. The fourth-order valence-electron chi connectivity index (χ4n) is 2.89. The number of rotatable bonds is 3. The van der Waals surface area contributed by atoms with Crippen LogP contribution in [0.3, 0.4) is 0 Å². The van der Waals surface area contributed by atoms with Gasteiger partial charge in [-0.05, 0) is 49.8 Å². The highest BCUT2D eigenvalue weighted by atomic mass is 19.4. The summed E-state index contributed by atoms with van der Waals surface area (Å²) in [4.78, 5) is 12.0. The summed E-state index contributed by atoms with van der Waals surface area (Å²) in [6.45, 7) is 0. The van der Waals surface area contributed by atoms with Gasteiger partial charge in [0.05, 0.1) is 11.1 Å². The fourth-order valence-corrected chi connectivity index (χ4v) is 2.89. The van der Waals surface area contributed by atoms with Crippen molar-refractivity contribution in [3.63, 3.8) is 0 Å². The Hall–Kier alpha value is -1.77. The molecule has 0 spiro atoms. The molecule has 1 aliphatic rings. The summed E-state index contributed by atoms with van der Waals surface area (Å²) >= 11 is 0. The van der Waals surface area contributed by atoms with E-state index in [2.05, 4.69) is 5.32 Å². The minimum Gasteiger partial charge on any atom is -0.328 e. The van der Waals surface area contributed by atoms with Gasteiger partial charge in [-0.2, -0.15) is 26.3 Å². The first kappa shape index (κ1) is 19.6. The number of nitrogens with one attached hydrogen (secondary N) is 1. The Balaban J connectivity index is 2.13. The van der Waals surface area contributed by atoms with Gasteiger partial charge in [-0.15, -0.1) is 0 Å². The van der Waals surface area contributed by atoms with Crippen molar-refractivity contribution in [2.75, 3.05) is 5.32 Å². The summed E-state index contributed by atoms with van der Waals surface area (Å²) in [6.07, 6.45) is -6.92. The van der Waals surface area contributed by atoms with E-state index < -0.39 is 35.1 Å². The molecule has 0 atom stereocenters. The molecule has 0 aromatic heterocycles. The van der Waals surface area contributed by atoms with Crippen LogP contribution in [0.5, 0.6) is 0 Å². The molecule has 1 amide bonds. The molecule has 0 unspecified atom stereocenters. The third-order valence-electron chi connectivity index (χ3n) is 4.24. The smallest absolute Gasteiger partial charge is 0.328 e. The molecule has 1 aromatic carbocycles. The maximum atomic E-state index is 12.8. The zero-order valence-electron chi connectivity index (χ0n) is 13.2. The molecule has 0 bridgehead atoms. The van der Waals surface area contributed by atoms with E-state index in [-0.39, 0.29) is 24.4 Å². The topological polar surface area (TPSA) is 55.1 Å². The quantitative estimate of drug-likeness (QED) is 0.768. The molecule has 0 saturated heterocycles. The van der Waals surface area contributed by atoms with E-state index in [1.54, 1.807) is 0 Å². The van der Waals surface area contributed by atoms with Crippen LogP contribution in [0.1, 0.15) is 43.2 Å². The Morgan fingerprint density at radius 3 is 1.88 bits per heavy atom. The van der Waals surface area contributed by atoms with E-state index in [0.29, 0.717) is 25.0 Å². The number of hydrogen-bond donors (Lipinski definition) is 2. The van der Waals surface area contributed by atoms with E-state index in [1.807, 2.05) is 0 Å². The standard InChI is InChI=1S/C16H18F6N2O/c17-15(18,19)10-6-11(16(20,21)22)8-13(7-10)24-14(25)5-9-1-3-12(23)4-2-9/h6-9,12H,1-5,23H2,(H,24,25)/t9-,12-. The largest absolute Gasteiger partial charge is 0.416 e. The van der Waals surface area contributed by atoms with Gasteiger partial charge in [-0.3, -0.25) is 4.79 Å². The van der Waals surface area contributed by atoms with Gasteiger partial charge in [-0.25, -0.2) is 0 Å².